The van der Waals surface area contributed by atoms with Gasteiger partial charge in [-0.3, -0.25) is 0 Å². The Bertz CT molecular complexity index is 277. The van der Waals surface area contributed by atoms with Gasteiger partial charge in [-0.05, 0) is 37.0 Å². The van der Waals surface area contributed by atoms with E-state index in [1.54, 1.807) is 19.2 Å². The van der Waals surface area contributed by atoms with Gasteiger partial charge in [-0.15, -0.1) is 0 Å². The zero-order chi connectivity index (χ0) is 11.1. The van der Waals surface area contributed by atoms with Gasteiger partial charge < -0.3 is 14.9 Å². The number of rotatable bonds is 6. The molecule has 84 valence electrons. The van der Waals surface area contributed by atoms with Crippen LogP contribution in [-0.4, -0.2) is 23.9 Å². The van der Waals surface area contributed by atoms with Crippen molar-refractivity contribution in [3.05, 3.63) is 23.8 Å². The van der Waals surface area contributed by atoms with Crippen LogP contribution in [0.1, 0.15) is 24.8 Å². The molecule has 1 aromatic rings. The van der Waals surface area contributed by atoms with E-state index in [4.69, 9.17) is 4.74 Å². The summed E-state index contributed by atoms with van der Waals surface area (Å²) in [6.07, 6.45) is 4.09. The minimum atomic E-state index is 0.127. The average Bonchev–Trinajstić information content (AvgIpc) is 2.16. The standard InChI is InChI=1S/C12H18O3/c1-15-6-4-2-3-5-10-7-11(13)9-12(14)8-10/h7-9,13-14H,2-6H2,1H3. The van der Waals surface area contributed by atoms with Crippen LogP contribution in [0.3, 0.4) is 0 Å². The van der Waals surface area contributed by atoms with Crippen LogP contribution in [0.4, 0.5) is 0 Å². The Balaban J connectivity index is 2.31. The predicted molar refractivity (Wildman–Crippen MR) is 59.2 cm³/mol. The van der Waals surface area contributed by atoms with Gasteiger partial charge in [0.2, 0.25) is 0 Å². The SMILES string of the molecule is COCCCCCc1cc(O)cc(O)c1. The normalized spacial score (nSPS) is 10.5. The molecule has 0 aliphatic heterocycles. The first-order valence-electron chi connectivity index (χ1n) is 5.23. The van der Waals surface area contributed by atoms with Crippen molar-refractivity contribution in [1.82, 2.24) is 0 Å². The van der Waals surface area contributed by atoms with E-state index in [1.807, 2.05) is 0 Å². The van der Waals surface area contributed by atoms with E-state index in [0.717, 1.165) is 37.9 Å². The molecular weight excluding hydrogens is 192 g/mol. The van der Waals surface area contributed by atoms with E-state index in [-0.39, 0.29) is 11.5 Å². The quantitative estimate of drug-likeness (QED) is 0.709. The Morgan fingerprint density at radius 1 is 1.00 bits per heavy atom. The fourth-order valence-electron chi connectivity index (χ4n) is 1.55. The molecule has 1 aromatic carbocycles. The van der Waals surface area contributed by atoms with Crippen molar-refractivity contribution in [2.24, 2.45) is 0 Å². The number of ether oxygens (including phenoxy) is 1. The summed E-state index contributed by atoms with van der Waals surface area (Å²) in [5.41, 5.74) is 0.977. The molecular formula is C12H18O3. The molecule has 0 heterocycles. The van der Waals surface area contributed by atoms with Crippen LogP contribution in [0.5, 0.6) is 11.5 Å². The van der Waals surface area contributed by atoms with Gasteiger partial charge in [-0.1, -0.05) is 6.42 Å². The molecule has 0 bridgehead atoms. The van der Waals surface area contributed by atoms with Gasteiger partial charge in [0, 0.05) is 19.8 Å². The molecule has 0 saturated carbocycles. The van der Waals surface area contributed by atoms with E-state index < -0.39 is 0 Å². The van der Waals surface area contributed by atoms with Crippen molar-refractivity contribution in [2.75, 3.05) is 13.7 Å². The molecule has 3 heteroatoms. The summed E-state index contributed by atoms with van der Waals surface area (Å²) in [5.74, 6) is 0.254. The van der Waals surface area contributed by atoms with Gasteiger partial charge in [0.05, 0.1) is 0 Å². The average molecular weight is 210 g/mol. The molecule has 0 aliphatic carbocycles. The molecule has 0 amide bonds. The molecule has 0 aliphatic rings. The van der Waals surface area contributed by atoms with E-state index >= 15 is 0 Å². The number of benzene rings is 1. The lowest BCUT2D eigenvalue weighted by Gasteiger charge is -2.03. The minimum Gasteiger partial charge on any atom is -0.508 e. The van der Waals surface area contributed by atoms with Gasteiger partial charge in [0.25, 0.3) is 0 Å². The number of methoxy groups -OCH3 is 1. The molecule has 0 saturated heterocycles. The number of aromatic hydroxyl groups is 2. The summed E-state index contributed by atoms with van der Waals surface area (Å²) in [6, 6.07) is 4.72. The summed E-state index contributed by atoms with van der Waals surface area (Å²) < 4.78 is 4.95. The first-order chi connectivity index (χ1) is 7.22. The summed E-state index contributed by atoms with van der Waals surface area (Å²) in [5, 5.41) is 18.5. The zero-order valence-corrected chi connectivity index (χ0v) is 9.07. The van der Waals surface area contributed by atoms with Gasteiger partial charge in [0.1, 0.15) is 11.5 Å². The number of unbranched alkanes of at least 4 members (excludes halogenated alkanes) is 2. The molecule has 0 unspecified atom stereocenters. The Labute approximate surface area is 90.3 Å². The lowest BCUT2D eigenvalue weighted by Crippen LogP contribution is -1.90. The summed E-state index contributed by atoms with van der Waals surface area (Å²) in [4.78, 5) is 0. The molecule has 0 spiro atoms. The van der Waals surface area contributed by atoms with Crippen LogP contribution < -0.4 is 0 Å². The molecule has 3 nitrogen and oxygen atoms in total. The third-order valence-electron chi connectivity index (χ3n) is 2.28. The second kappa shape index (κ2) is 6.30. The molecule has 2 N–H and O–H groups in total. The Hall–Kier alpha value is -1.22. The van der Waals surface area contributed by atoms with Gasteiger partial charge in [0.15, 0.2) is 0 Å². The lowest BCUT2D eigenvalue weighted by molar-refractivity contribution is 0.192. The maximum atomic E-state index is 9.25. The van der Waals surface area contributed by atoms with Crippen LogP contribution >= 0.6 is 0 Å². The second-order valence-electron chi connectivity index (χ2n) is 3.66. The third kappa shape index (κ3) is 4.70. The van der Waals surface area contributed by atoms with E-state index in [9.17, 15) is 10.2 Å². The van der Waals surface area contributed by atoms with Gasteiger partial charge in [-0.25, -0.2) is 0 Å². The van der Waals surface area contributed by atoms with E-state index in [1.165, 1.54) is 6.07 Å². The van der Waals surface area contributed by atoms with Crippen molar-refractivity contribution in [3.63, 3.8) is 0 Å². The highest BCUT2D eigenvalue weighted by Crippen LogP contribution is 2.21. The van der Waals surface area contributed by atoms with Crippen molar-refractivity contribution >= 4 is 0 Å². The summed E-state index contributed by atoms with van der Waals surface area (Å²) in [7, 11) is 1.70. The fraction of sp³-hybridized carbons (Fsp3) is 0.500. The number of hydrogen-bond acceptors (Lipinski definition) is 3. The highest BCUT2D eigenvalue weighted by molar-refractivity contribution is 5.36. The van der Waals surface area contributed by atoms with Crippen molar-refractivity contribution in [1.29, 1.82) is 0 Å². The van der Waals surface area contributed by atoms with E-state index in [2.05, 4.69) is 0 Å². The molecule has 0 aromatic heterocycles. The number of phenolic OH excluding ortho intramolecular Hbond substituents is 2. The minimum absolute atomic E-state index is 0.127. The first kappa shape index (κ1) is 11.9. The maximum Gasteiger partial charge on any atom is 0.119 e. The highest BCUT2D eigenvalue weighted by Gasteiger charge is 1.99. The number of aryl methyl sites for hydroxylation is 1. The molecule has 0 atom stereocenters. The lowest BCUT2D eigenvalue weighted by atomic mass is 10.1. The maximum absolute atomic E-state index is 9.25. The summed E-state index contributed by atoms with van der Waals surface area (Å²) >= 11 is 0. The summed E-state index contributed by atoms with van der Waals surface area (Å²) in [6.45, 7) is 0.797. The first-order valence-corrected chi connectivity index (χ1v) is 5.23. The smallest absolute Gasteiger partial charge is 0.119 e. The molecule has 15 heavy (non-hydrogen) atoms. The highest BCUT2D eigenvalue weighted by atomic mass is 16.5. The van der Waals surface area contributed by atoms with Crippen LogP contribution in [0.2, 0.25) is 0 Å². The molecule has 0 fully saturated rings. The monoisotopic (exact) mass is 210 g/mol. The largest absolute Gasteiger partial charge is 0.508 e. The van der Waals surface area contributed by atoms with Gasteiger partial charge >= 0.3 is 0 Å². The van der Waals surface area contributed by atoms with Crippen LogP contribution in [0, 0.1) is 0 Å². The van der Waals surface area contributed by atoms with E-state index in [0.29, 0.717) is 0 Å². The van der Waals surface area contributed by atoms with Crippen LogP contribution in [0.15, 0.2) is 18.2 Å². The number of hydrogen-bond donors (Lipinski definition) is 2. The topological polar surface area (TPSA) is 49.7 Å². The predicted octanol–water partition coefficient (Wildman–Crippen LogP) is 2.46. The van der Waals surface area contributed by atoms with Gasteiger partial charge in [-0.2, -0.15) is 0 Å². The Morgan fingerprint density at radius 2 is 1.67 bits per heavy atom. The molecule has 1 rings (SSSR count). The van der Waals surface area contributed by atoms with Crippen molar-refractivity contribution in [3.8, 4) is 11.5 Å². The Morgan fingerprint density at radius 3 is 2.27 bits per heavy atom. The third-order valence-corrected chi connectivity index (χ3v) is 2.28. The van der Waals surface area contributed by atoms with Crippen molar-refractivity contribution in [2.45, 2.75) is 25.7 Å². The zero-order valence-electron chi connectivity index (χ0n) is 9.07. The second-order valence-corrected chi connectivity index (χ2v) is 3.66. The van der Waals surface area contributed by atoms with Crippen LogP contribution in [0.25, 0.3) is 0 Å². The van der Waals surface area contributed by atoms with Crippen LogP contribution in [-0.2, 0) is 11.2 Å². The Kier molecular flexibility index (Phi) is 4.98. The fourth-order valence-corrected chi connectivity index (χ4v) is 1.55. The molecule has 0 radical (unpaired) electrons. The van der Waals surface area contributed by atoms with Crippen molar-refractivity contribution < 1.29 is 14.9 Å². The number of phenols is 2.